The summed E-state index contributed by atoms with van der Waals surface area (Å²) in [4.78, 5) is 9.29. The monoisotopic (exact) mass is 380 g/mol. The molecular formula is C21H24N4O3. The standard InChI is InChI=1S/C21H24N4O3/c1-26-18-9-8-16(14-19(18)27-2)21-22-20(28-23-21)15-24-10-12-25(13-11-24)17-6-4-3-5-7-17/h3-9,14H,10-13,15H2,1-2H3. The Balaban J connectivity index is 1.38. The van der Waals surface area contributed by atoms with Crippen molar-refractivity contribution in [2.45, 2.75) is 6.54 Å². The van der Waals surface area contributed by atoms with Crippen LogP contribution in [-0.2, 0) is 6.54 Å². The molecule has 146 valence electrons. The van der Waals surface area contributed by atoms with E-state index < -0.39 is 0 Å². The molecule has 1 aromatic heterocycles. The number of aromatic nitrogens is 2. The fourth-order valence-electron chi connectivity index (χ4n) is 3.41. The van der Waals surface area contributed by atoms with Gasteiger partial charge in [0.2, 0.25) is 11.7 Å². The normalized spacial score (nSPS) is 14.9. The average molecular weight is 380 g/mol. The van der Waals surface area contributed by atoms with Crippen molar-refractivity contribution < 1.29 is 14.0 Å². The Morgan fingerprint density at radius 2 is 1.68 bits per heavy atom. The molecule has 0 N–H and O–H groups in total. The maximum absolute atomic E-state index is 5.47. The highest BCUT2D eigenvalue weighted by molar-refractivity contribution is 5.60. The van der Waals surface area contributed by atoms with E-state index in [2.05, 4.69) is 44.2 Å². The first-order valence-electron chi connectivity index (χ1n) is 9.34. The van der Waals surface area contributed by atoms with Crippen molar-refractivity contribution in [3.05, 3.63) is 54.4 Å². The number of hydrogen-bond donors (Lipinski definition) is 0. The Morgan fingerprint density at radius 1 is 0.929 bits per heavy atom. The van der Waals surface area contributed by atoms with Gasteiger partial charge in [-0.3, -0.25) is 4.90 Å². The van der Waals surface area contributed by atoms with Crippen molar-refractivity contribution in [1.82, 2.24) is 15.0 Å². The van der Waals surface area contributed by atoms with Gasteiger partial charge in [-0.2, -0.15) is 4.98 Å². The van der Waals surface area contributed by atoms with Gasteiger partial charge in [0.1, 0.15) is 0 Å². The Bertz CT molecular complexity index is 905. The van der Waals surface area contributed by atoms with E-state index in [0.717, 1.165) is 31.7 Å². The zero-order valence-corrected chi connectivity index (χ0v) is 16.2. The number of methoxy groups -OCH3 is 2. The minimum Gasteiger partial charge on any atom is -0.493 e. The predicted octanol–water partition coefficient (Wildman–Crippen LogP) is 3.08. The summed E-state index contributed by atoms with van der Waals surface area (Å²) in [5.74, 6) is 2.49. The Labute approximate surface area is 164 Å². The third kappa shape index (κ3) is 3.94. The molecule has 0 radical (unpaired) electrons. The van der Waals surface area contributed by atoms with Gasteiger partial charge in [0.05, 0.1) is 20.8 Å². The van der Waals surface area contributed by atoms with E-state index in [9.17, 15) is 0 Å². The van der Waals surface area contributed by atoms with E-state index >= 15 is 0 Å². The van der Waals surface area contributed by atoms with Crippen LogP contribution in [0.4, 0.5) is 5.69 Å². The Hall–Kier alpha value is -3.06. The summed E-state index contributed by atoms with van der Waals surface area (Å²) in [6.45, 7) is 4.55. The Kier molecular flexibility index (Phi) is 5.43. The van der Waals surface area contributed by atoms with E-state index in [0.29, 0.717) is 29.8 Å². The van der Waals surface area contributed by atoms with Crippen LogP contribution in [0.1, 0.15) is 5.89 Å². The molecule has 2 heterocycles. The number of benzene rings is 2. The number of piperazine rings is 1. The van der Waals surface area contributed by atoms with Crippen LogP contribution in [0.3, 0.4) is 0 Å². The molecule has 0 amide bonds. The largest absolute Gasteiger partial charge is 0.493 e. The molecule has 1 aliphatic heterocycles. The summed E-state index contributed by atoms with van der Waals surface area (Å²) in [5, 5.41) is 4.13. The minimum atomic E-state index is 0.555. The number of rotatable bonds is 6. The predicted molar refractivity (Wildman–Crippen MR) is 107 cm³/mol. The van der Waals surface area contributed by atoms with Crippen LogP contribution in [0, 0.1) is 0 Å². The van der Waals surface area contributed by atoms with Gasteiger partial charge >= 0.3 is 0 Å². The number of hydrogen-bond acceptors (Lipinski definition) is 7. The lowest BCUT2D eigenvalue weighted by molar-refractivity contribution is 0.215. The summed E-state index contributed by atoms with van der Waals surface area (Å²) in [7, 11) is 3.22. The first kappa shape index (κ1) is 18.3. The van der Waals surface area contributed by atoms with Crippen LogP contribution >= 0.6 is 0 Å². The number of para-hydroxylation sites is 1. The van der Waals surface area contributed by atoms with Gasteiger partial charge in [0.15, 0.2) is 11.5 Å². The molecule has 0 bridgehead atoms. The van der Waals surface area contributed by atoms with Crippen LogP contribution in [0.25, 0.3) is 11.4 Å². The minimum absolute atomic E-state index is 0.555. The van der Waals surface area contributed by atoms with Crippen LogP contribution in [0.15, 0.2) is 53.1 Å². The summed E-state index contributed by atoms with van der Waals surface area (Å²) in [6, 6.07) is 16.1. The molecule has 1 aliphatic rings. The van der Waals surface area contributed by atoms with Crippen LogP contribution in [0.5, 0.6) is 11.5 Å². The van der Waals surface area contributed by atoms with Gasteiger partial charge in [0.25, 0.3) is 0 Å². The summed E-state index contributed by atoms with van der Waals surface area (Å²) >= 11 is 0. The molecule has 0 saturated carbocycles. The van der Waals surface area contributed by atoms with Crippen LogP contribution in [0.2, 0.25) is 0 Å². The second-order valence-corrected chi connectivity index (χ2v) is 6.68. The highest BCUT2D eigenvalue weighted by Gasteiger charge is 2.20. The maximum Gasteiger partial charge on any atom is 0.241 e. The lowest BCUT2D eigenvalue weighted by Gasteiger charge is -2.35. The molecule has 28 heavy (non-hydrogen) atoms. The smallest absolute Gasteiger partial charge is 0.241 e. The van der Waals surface area contributed by atoms with E-state index in [-0.39, 0.29) is 0 Å². The summed E-state index contributed by atoms with van der Waals surface area (Å²) < 4.78 is 16.1. The lowest BCUT2D eigenvalue weighted by atomic mass is 10.2. The molecule has 0 spiro atoms. The SMILES string of the molecule is COc1ccc(-c2noc(CN3CCN(c4ccccc4)CC3)n2)cc1OC. The van der Waals surface area contributed by atoms with Crippen LogP contribution < -0.4 is 14.4 Å². The molecule has 7 heteroatoms. The molecule has 3 aromatic rings. The van der Waals surface area contributed by atoms with Crippen molar-refractivity contribution in [3.8, 4) is 22.9 Å². The van der Waals surface area contributed by atoms with Crippen LogP contribution in [-0.4, -0.2) is 55.4 Å². The fourth-order valence-corrected chi connectivity index (χ4v) is 3.41. The van der Waals surface area contributed by atoms with Crippen molar-refractivity contribution in [2.75, 3.05) is 45.3 Å². The van der Waals surface area contributed by atoms with E-state index in [4.69, 9.17) is 14.0 Å². The maximum atomic E-state index is 5.47. The topological polar surface area (TPSA) is 63.9 Å². The van der Waals surface area contributed by atoms with Gasteiger partial charge < -0.3 is 18.9 Å². The molecule has 0 unspecified atom stereocenters. The third-order valence-electron chi connectivity index (χ3n) is 4.96. The van der Waals surface area contributed by atoms with Crippen molar-refractivity contribution in [2.24, 2.45) is 0 Å². The molecule has 7 nitrogen and oxygen atoms in total. The van der Waals surface area contributed by atoms with Gasteiger partial charge in [-0.05, 0) is 30.3 Å². The van der Waals surface area contributed by atoms with Crippen molar-refractivity contribution >= 4 is 5.69 Å². The molecular weight excluding hydrogens is 356 g/mol. The number of nitrogens with zero attached hydrogens (tertiary/aromatic N) is 4. The first-order chi connectivity index (χ1) is 13.8. The van der Waals surface area contributed by atoms with Crippen molar-refractivity contribution in [3.63, 3.8) is 0 Å². The molecule has 1 fully saturated rings. The molecule has 0 aliphatic carbocycles. The lowest BCUT2D eigenvalue weighted by Crippen LogP contribution is -2.46. The zero-order chi connectivity index (χ0) is 19.3. The number of anilines is 1. The fraction of sp³-hybridized carbons (Fsp3) is 0.333. The number of ether oxygens (including phenoxy) is 2. The summed E-state index contributed by atoms with van der Waals surface area (Å²) in [5.41, 5.74) is 2.11. The molecule has 1 saturated heterocycles. The molecule has 4 rings (SSSR count). The highest BCUT2D eigenvalue weighted by Crippen LogP contribution is 2.31. The van der Waals surface area contributed by atoms with Gasteiger partial charge in [-0.1, -0.05) is 23.4 Å². The van der Waals surface area contributed by atoms with Gasteiger partial charge in [-0.15, -0.1) is 0 Å². The van der Waals surface area contributed by atoms with Gasteiger partial charge in [0, 0.05) is 37.4 Å². The second-order valence-electron chi connectivity index (χ2n) is 6.68. The van der Waals surface area contributed by atoms with Gasteiger partial charge in [-0.25, -0.2) is 0 Å². The molecule has 2 aromatic carbocycles. The van der Waals surface area contributed by atoms with E-state index in [1.54, 1.807) is 14.2 Å². The summed E-state index contributed by atoms with van der Waals surface area (Å²) in [6.07, 6.45) is 0. The van der Waals surface area contributed by atoms with Crippen molar-refractivity contribution in [1.29, 1.82) is 0 Å². The third-order valence-corrected chi connectivity index (χ3v) is 4.96. The average Bonchev–Trinajstić information content (AvgIpc) is 3.23. The second kappa shape index (κ2) is 8.31. The quantitative estimate of drug-likeness (QED) is 0.651. The zero-order valence-electron chi connectivity index (χ0n) is 16.2. The van der Waals surface area contributed by atoms with E-state index in [1.165, 1.54) is 5.69 Å². The first-order valence-corrected chi connectivity index (χ1v) is 9.34. The Morgan fingerprint density at radius 3 is 2.39 bits per heavy atom. The van der Waals surface area contributed by atoms with E-state index in [1.807, 2.05) is 24.3 Å². The highest BCUT2D eigenvalue weighted by atomic mass is 16.5. The molecule has 0 atom stereocenters.